The van der Waals surface area contributed by atoms with Crippen LogP contribution in [0.2, 0.25) is 0 Å². The van der Waals surface area contributed by atoms with E-state index in [1.165, 1.54) is 6.92 Å². The first-order valence-corrected chi connectivity index (χ1v) is 3.23. The van der Waals surface area contributed by atoms with Crippen molar-refractivity contribution in [2.45, 2.75) is 38.3 Å². The predicted molar refractivity (Wildman–Crippen MR) is 30.8 cm³/mol. The summed E-state index contributed by atoms with van der Waals surface area (Å²) in [7, 11) is 0. The first-order chi connectivity index (χ1) is 4.92. The molecule has 0 rings (SSSR count). The molecule has 0 aromatic rings. The molecule has 1 unspecified atom stereocenters. The summed E-state index contributed by atoms with van der Waals surface area (Å²) in [5.74, 6) is -4.49. The zero-order chi connectivity index (χ0) is 9.07. The average Bonchev–Trinajstić information content (AvgIpc) is 1.88. The number of hydrogen-bond acceptors (Lipinski definition) is 0. The lowest BCUT2D eigenvalue weighted by Crippen LogP contribution is -2.37. The van der Waals surface area contributed by atoms with Gasteiger partial charge in [-0.1, -0.05) is 13.3 Å². The third-order valence-electron chi connectivity index (χ3n) is 1.25. The zero-order valence-corrected chi connectivity index (χ0v) is 5.96. The quantitative estimate of drug-likeness (QED) is 0.577. The molecule has 11 heavy (non-hydrogen) atoms. The summed E-state index contributed by atoms with van der Waals surface area (Å²) >= 11 is 0. The van der Waals surface area contributed by atoms with Crippen LogP contribution in [0, 0.1) is 0 Å². The number of rotatable bonds is 4. The molecule has 0 saturated carbocycles. The standard InChI is InChI=1S/C6H9F5/c1-2-3-4(7)6(10,11)5(8)9/h4-5H,2-3H2,1H3. The highest BCUT2D eigenvalue weighted by Gasteiger charge is 2.48. The van der Waals surface area contributed by atoms with Crippen molar-refractivity contribution in [1.29, 1.82) is 0 Å². The van der Waals surface area contributed by atoms with Crippen LogP contribution in [0.4, 0.5) is 22.0 Å². The fourth-order valence-electron chi connectivity index (χ4n) is 0.583. The summed E-state index contributed by atoms with van der Waals surface area (Å²) in [5.41, 5.74) is 0. The SMILES string of the molecule is CCCC(F)C(F)(F)C(F)F. The smallest absolute Gasteiger partial charge is 0.241 e. The molecule has 5 heteroatoms. The second kappa shape index (κ2) is 3.88. The molecule has 1 atom stereocenters. The van der Waals surface area contributed by atoms with Gasteiger partial charge in [-0.25, -0.2) is 13.2 Å². The summed E-state index contributed by atoms with van der Waals surface area (Å²) in [6.45, 7) is 1.45. The fourth-order valence-corrected chi connectivity index (χ4v) is 0.583. The molecule has 0 aromatic heterocycles. The first-order valence-electron chi connectivity index (χ1n) is 3.23. The molecular formula is C6H9F5. The molecular weight excluding hydrogens is 167 g/mol. The van der Waals surface area contributed by atoms with Crippen molar-refractivity contribution in [3.63, 3.8) is 0 Å². The molecule has 0 spiro atoms. The van der Waals surface area contributed by atoms with Gasteiger partial charge in [0, 0.05) is 0 Å². The Bertz CT molecular complexity index is 112. The lowest BCUT2D eigenvalue weighted by molar-refractivity contribution is -0.172. The van der Waals surface area contributed by atoms with Crippen LogP contribution in [-0.4, -0.2) is 18.5 Å². The minimum Gasteiger partial charge on any atom is -0.241 e. The van der Waals surface area contributed by atoms with Gasteiger partial charge in [-0.15, -0.1) is 0 Å². The van der Waals surface area contributed by atoms with Crippen molar-refractivity contribution in [2.24, 2.45) is 0 Å². The van der Waals surface area contributed by atoms with E-state index in [2.05, 4.69) is 0 Å². The summed E-state index contributed by atoms with van der Waals surface area (Å²) in [5, 5.41) is 0. The Kier molecular flexibility index (Phi) is 3.75. The fraction of sp³-hybridized carbons (Fsp3) is 1.00. The van der Waals surface area contributed by atoms with Crippen LogP contribution in [0.15, 0.2) is 0 Å². The summed E-state index contributed by atoms with van der Waals surface area (Å²) in [6, 6.07) is 0. The van der Waals surface area contributed by atoms with E-state index < -0.39 is 24.9 Å². The van der Waals surface area contributed by atoms with E-state index in [4.69, 9.17) is 0 Å². The van der Waals surface area contributed by atoms with Crippen molar-refractivity contribution in [2.75, 3.05) is 0 Å². The Balaban J connectivity index is 4.05. The van der Waals surface area contributed by atoms with Crippen molar-refractivity contribution in [3.8, 4) is 0 Å². The Hall–Kier alpha value is -0.350. The molecule has 0 fully saturated rings. The van der Waals surface area contributed by atoms with Crippen LogP contribution in [0.3, 0.4) is 0 Å². The van der Waals surface area contributed by atoms with Crippen LogP contribution in [0.5, 0.6) is 0 Å². The Morgan fingerprint density at radius 2 is 1.64 bits per heavy atom. The van der Waals surface area contributed by atoms with Crippen LogP contribution in [0.1, 0.15) is 19.8 Å². The van der Waals surface area contributed by atoms with Crippen molar-refractivity contribution < 1.29 is 22.0 Å². The lowest BCUT2D eigenvalue weighted by Gasteiger charge is -2.18. The Morgan fingerprint density at radius 1 is 1.18 bits per heavy atom. The van der Waals surface area contributed by atoms with Gasteiger partial charge in [-0.3, -0.25) is 0 Å². The van der Waals surface area contributed by atoms with E-state index >= 15 is 0 Å². The number of hydrogen-bond donors (Lipinski definition) is 0. The number of halogens is 5. The molecule has 68 valence electrons. The van der Waals surface area contributed by atoms with E-state index in [1.54, 1.807) is 0 Å². The van der Waals surface area contributed by atoms with Gasteiger partial charge in [0.25, 0.3) is 0 Å². The predicted octanol–water partition coefficient (Wildman–Crippen LogP) is 3.03. The summed E-state index contributed by atoms with van der Waals surface area (Å²) < 4.78 is 59.0. The molecule has 0 aliphatic rings. The molecule has 0 N–H and O–H groups in total. The van der Waals surface area contributed by atoms with Gasteiger partial charge < -0.3 is 0 Å². The van der Waals surface area contributed by atoms with Gasteiger partial charge in [0.05, 0.1) is 0 Å². The molecule has 0 saturated heterocycles. The highest BCUT2D eigenvalue weighted by Crippen LogP contribution is 2.31. The van der Waals surface area contributed by atoms with E-state index in [9.17, 15) is 22.0 Å². The maximum Gasteiger partial charge on any atom is 0.337 e. The summed E-state index contributed by atoms with van der Waals surface area (Å²) in [6.07, 6.45) is -7.04. The third-order valence-corrected chi connectivity index (χ3v) is 1.25. The molecule has 0 aromatic carbocycles. The second-order valence-corrected chi connectivity index (χ2v) is 2.23. The van der Waals surface area contributed by atoms with Crippen molar-refractivity contribution in [3.05, 3.63) is 0 Å². The van der Waals surface area contributed by atoms with Crippen LogP contribution < -0.4 is 0 Å². The normalized spacial score (nSPS) is 15.5. The Morgan fingerprint density at radius 3 is 1.91 bits per heavy atom. The monoisotopic (exact) mass is 176 g/mol. The maximum absolute atomic E-state index is 12.2. The molecule has 0 bridgehead atoms. The zero-order valence-electron chi connectivity index (χ0n) is 5.96. The van der Waals surface area contributed by atoms with Gasteiger partial charge >= 0.3 is 12.3 Å². The van der Waals surface area contributed by atoms with E-state index in [0.717, 1.165) is 0 Å². The minimum atomic E-state index is -4.49. The molecule has 0 aliphatic heterocycles. The van der Waals surface area contributed by atoms with Crippen molar-refractivity contribution in [1.82, 2.24) is 0 Å². The van der Waals surface area contributed by atoms with Gasteiger partial charge in [0.2, 0.25) is 0 Å². The van der Waals surface area contributed by atoms with Crippen LogP contribution in [-0.2, 0) is 0 Å². The summed E-state index contributed by atoms with van der Waals surface area (Å²) in [4.78, 5) is 0. The molecule has 0 heterocycles. The molecule has 0 amide bonds. The van der Waals surface area contributed by atoms with Crippen LogP contribution in [0.25, 0.3) is 0 Å². The molecule has 0 radical (unpaired) electrons. The minimum absolute atomic E-state index is 0.128. The topological polar surface area (TPSA) is 0 Å². The van der Waals surface area contributed by atoms with E-state index in [0.29, 0.717) is 0 Å². The van der Waals surface area contributed by atoms with Gasteiger partial charge in [0.15, 0.2) is 6.17 Å². The Labute approximate surface area is 61.4 Å². The van der Waals surface area contributed by atoms with Gasteiger partial charge in [-0.05, 0) is 6.42 Å². The lowest BCUT2D eigenvalue weighted by atomic mass is 10.1. The van der Waals surface area contributed by atoms with E-state index in [-0.39, 0.29) is 6.42 Å². The number of alkyl halides is 5. The van der Waals surface area contributed by atoms with E-state index in [1.807, 2.05) is 0 Å². The van der Waals surface area contributed by atoms with Gasteiger partial charge in [-0.2, -0.15) is 8.78 Å². The third kappa shape index (κ3) is 2.63. The largest absolute Gasteiger partial charge is 0.337 e. The van der Waals surface area contributed by atoms with Crippen molar-refractivity contribution >= 4 is 0 Å². The molecule has 0 aliphatic carbocycles. The van der Waals surface area contributed by atoms with Crippen LogP contribution >= 0.6 is 0 Å². The first kappa shape index (κ1) is 10.7. The maximum atomic E-state index is 12.2. The highest BCUT2D eigenvalue weighted by molar-refractivity contribution is 4.78. The highest BCUT2D eigenvalue weighted by atomic mass is 19.3. The van der Waals surface area contributed by atoms with Gasteiger partial charge in [0.1, 0.15) is 0 Å². The molecule has 0 nitrogen and oxygen atoms in total. The average molecular weight is 176 g/mol. The second-order valence-electron chi connectivity index (χ2n) is 2.23.